The van der Waals surface area contributed by atoms with Crippen LogP contribution in [0.4, 0.5) is 0 Å². The van der Waals surface area contributed by atoms with Crippen molar-refractivity contribution in [3.63, 3.8) is 0 Å². The van der Waals surface area contributed by atoms with Gasteiger partial charge >= 0.3 is 0 Å². The molecule has 1 amide bonds. The number of nitrogens with zero attached hydrogens (tertiary/aromatic N) is 3. The van der Waals surface area contributed by atoms with E-state index in [1.807, 2.05) is 11.9 Å². The van der Waals surface area contributed by atoms with Gasteiger partial charge in [-0.25, -0.2) is 0 Å². The molecule has 1 atom stereocenters. The summed E-state index contributed by atoms with van der Waals surface area (Å²) in [7, 11) is 6.28. The first-order valence-corrected chi connectivity index (χ1v) is 8.35. The average Bonchev–Trinajstić information content (AvgIpc) is 3.29. The van der Waals surface area contributed by atoms with Crippen LogP contribution < -0.4 is 5.73 Å². The van der Waals surface area contributed by atoms with Crippen molar-refractivity contribution in [2.24, 2.45) is 11.7 Å². The first-order chi connectivity index (χ1) is 9.97. The Balaban J connectivity index is 1.65. The molecule has 5 heteroatoms. The summed E-state index contributed by atoms with van der Waals surface area (Å²) in [5.41, 5.74) is 6.04. The number of likely N-dealkylation sites (N-methyl/N-ethyl adjacent to an activating group) is 2. The van der Waals surface area contributed by atoms with Crippen molar-refractivity contribution in [1.29, 1.82) is 0 Å². The molecule has 2 aliphatic rings. The van der Waals surface area contributed by atoms with Crippen LogP contribution >= 0.6 is 0 Å². The Morgan fingerprint density at radius 3 is 2.38 bits per heavy atom. The number of piperidine rings is 1. The monoisotopic (exact) mass is 296 g/mol. The molecule has 0 bridgehead atoms. The summed E-state index contributed by atoms with van der Waals surface area (Å²) < 4.78 is 0. The summed E-state index contributed by atoms with van der Waals surface area (Å²) in [4.78, 5) is 18.8. The maximum atomic E-state index is 12.1. The molecule has 0 aromatic carbocycles. The molecule has 1 aliphatic carbocycles. The predicted octanol–water partition coefficient (Wildman–Crippen LogP) is 0.598. The Morgan fingerprint density at radius 2 is 1.81 bits per heavy atom. The molecule has 1 saturated heterocycles. The first-order valence-electron chi connectivity index (χ1n) is 8.35. The van der Waals surface area contributed by atoms with Gasteiger partial charge in [0.05, 0.1) is 0 Å². The third-order valence-corrected chi connectivity index (χ3v) is 5.16. The number of hydrogen-bond acceptors (Lipinski definition) is 4. The molecule has 122 valence electrons. The summed E-state index contributed by atoms with van der Waals surface area (Å²) >= 11 is 0. The van der Waals surface area contributed by atoms with Crippen molar-refractivity contribution in [3.05, 3.63) is 0 Å². The molecule has 2 fully saturated rings. The van der Waals surface area contributed by atoms with Crippen molar-refractivity contribution in [3.8, 4) is 0 Å². The van der Waals surface area contributed by atoms with E-state index in [4.69, 9.17) is 5.73 Å². The van der Waals surface area contributed by atoms with Crippen LogP contribution in [0.25, 0.3) is 0 Å². The lowest BCUT2D eigenvalue weighted by Crippen LogP contribution is -2.45. The highest BCUT2D eigenvalue weighted by atomic mass is 16.2. The van der Waals surface area contributed by atoms with Crippen LogP contribution in [0.15, 0.2) is 0 Å². The molecule has 0 spiro atoms. The fourth-order valence-corrected chi connectivity index (χ4v) is 3.10. The normalized spacial score (nSPS) is 22.5. The standard InChI is InChI=1S/C16H32N4O/c1-18-8-6-14(7-9-18)19(2)10-11-20(3)16(21)12-15(17)13-4-5-13/h13-15H,4-12,17H2,1-3H3. The van der Waals surface area contributed by atoms with Crippen molar-refractivity contribution in [2.45, 2.75) is 44.2 Å². The second-order valence-corrected chi connectivity index (χ2v) is 7.04. The van der Waals surface area contributed by atoms with Gasteiger partial charge in [-0.3, -0.25) is 4.79 Å². The number of amides is 1. The topological polar surface area (TPSA) is 52.8 Å². The van der Waals surface area contributed by atoms with Crippen LogP contribution in [-0.2, 0) is 4.79 Å². The highest BCUT2D eigenvalue weighted by Gasteiger charge is 2.30. The van der Waals surface area contributed by atoms with Gasteiger partial charge < -0.3 is 20.4 Å². The lowest BCUT2D eigenvalue weighted by molar-refractivity contribution is -0.130. The van der Waals surface area contributed by atoms with Gasteiger partial charge in [-0.05, 0) is 58.8 Å². The molecule has 1 unspecified atom stereocenters. The minimum atomic E-state index is 0.0755. The number of hydrogen-bond donors (Lipinski definition) is 1. The van der Waals surface area contributed by atoms with E-state index in [0.717, 1.165) is 13.1 Å². The molecular weight excluding hydrogens is 264 g/mol. The quantitative estimate of drug-likeness (QED) is 0.747. The smallest absolute Gasteiger partial charge is 0.223 e. The van der Waals surface area contributed by atoms with Crippen molar-refractivity contribution in [2.75, 3.05) is 47.3 Å². The van der Waals surface area contributed by atoms with Crippen LogP contribution in [0.2, 0.25) is 0 Å². The zero-order valence-corrected chi connectivity index (χ0v) is 13.9. The van der Waals surface area contributed by atoms with Gasteiger partial charge in [-0.15, -0.1) is 0 Å². The fourth-order valence-electron chi connectivity index (χ4n) is 3.10. The molecule has 21 heavy (non-hydrogen) atoms. The van der Waals surface area contributed by atoms with E-state index in [9.17, 15) is 4.79 Å². The highest BCUT2D eigenvalue weighted by molar-refractivity contribution is 5.76. The highest BCUT2D eigenvalue weighted by Crippen LogP contribution is 2.32. The van der Waals surface area contributed by atoms with E-state index < -0.39 is 0 Å². The zero-order valence-electron chi connectivity index (χ0n) is 13.9. The minimum absolute atomic E-state index is 0.0755. The predicted molar refractivity (Wildman–Crippen MR) is 86.1 cm³/mol. The molecule has 2 N–H and O–H groups in total. The summed E-state index contributed by atoms with van der Waals surface area (Å²) in [6.07, 6.45) is 5.39. The van der Waals surface area contributed by atoms with E-state index in [2.05, 4.69) is 23.9 Å². The van der Waals surface area contributed by atoms with Gasteiger partial charge in [-0.1, -0.05) is 0 Å². The fraction of sp³-hybridized carbons (Fsp3) is 0.938. The average molecular weight is 296 g/mol. The number of carbonyl (C=O) groups excluding carboxylic acids is 1. The van der Waals surface area contributed by atoms with Crippen LogP contribution in [0.5, 0.6) is 0 Å². The molecule has 2 rings (SSSR count). The Kier molecular flexibility index (Phi) is 6.02. The molecule has 1 saturated carbocycles. The second kappa shape index (κ2) is 7.56. The van der Waals surface area contributed by atoms with E-state index in [0.29, 0.717) is 18.4 Å². The molecule has 1 aliphatic heterocycles. The largest absolute Gasteiger partial charge is 0.344 e. The minimum Gasteiger partial charge on any atom is -0.344 e. The van der Waals surface area contributed by atoms with Crippen molar-refractivity contribution in [1.82, 2.24) is 14.7 Å². The van der Waals surface area contributed by atoms with E-state index in [-0.39, 0.29) is 11.9 Å². The van der Waals surface area contributed by atoms with Crippen molar-refractivity contribution < 1.29 is 4.79 Å². The lowest BCUT2D eigenvalue weighted by atomic mass is 10.0. The van der Waals surface area contributed by atoms with Gasteiger partial charge in [-0.2, -0.15) is 0 Å². The lowest BCUT2D eigenvalue weighted by Gasteiger charge is -2.35. The van der Waals surface area contributed by atoms with Crippen LogP contribution in [0.3, 0.4) is 0 Å². The van der Waals surface area contributed by atoms with Crippen LogP contribution in [0.1, 0.15) is 32.1 Å². The molecular formula is C16H32N4O. The maximum Gasteiger partial charge on any atom is 0.223 e. The Labute approximate surface area is 129 Å². The second-order valence-electron chi connectivity index (χ2n) is 7.04. The maximum absolute atomic E-state index is 12.1. The van der Waals surface area contributed by atoms with Crippen LogP contribution in [-0.4, -0.2) is 80.0 Å². The van der Waals surface area contributed by atoms with Gasteiger partial charge in [0.25, 0.3) is 0 Å². The Hall–Kier alpha value is -0.650. The zero-order chi connectivity index (χ0) is 15.4. The van der Waals surface area contributed by atoms with E-state index in [1.165, 1.54) is 38.8 Å². The molecule has 0 aromatic heterocycles. The van der Waals surface area contributed by atoms with Crippen molar-refractivity contribution >= 4 is 5.91 Å². The van der Waals surface area contributed by atoms with Gasteiger partial charge in [0.2, 0.25) is 5.91 Å². The number of nitrogens with two attached hydrogens (primary N) is 1. The SMILES string of the molecule is CN1CCC(N(C)CCN(C)C(=O)CC(N)C2CC2)CC1. The third kappa shape index (κ3) is 5.24. The molecule has 0 aromatic rings. The number of rotatable bonds is 7. The first kappa shape index (κ1) is 16.7. The number of carbonyl (C=O) groups is 1. The number of likely N-dealkylation sites (tertiary alicyclic amines) is 1. The Morgan fingerprint density at radius 1 is 1.19 bits per heavy atom. The summed E-state index contributed by atoms with van der Waals surface area (Å²) in [6.45, 7) is 4.12. The van der Waals surface area contributed by atoms with E-state index >= 15 is 0 Å². The van der Waals surface area contributed by atoms with Gasteiger partial charge in [0, 0.05) is 38.6 Å². The summed E-state index contributed by atoms with van der Waals surface area (Å²) in [5, 5.41) is 0. The molecule has 1 heterocycles. The Bertz CT molecular complexity index is 337. The van der Waals surface area contributed by atoms with E-state index in [1.54, 1.807) is 0 Å². The van der Waals surface area contributed by atoms with Crippen LogP contribution in [0, 0.1) is 5.92 Å². The van der Waals surface area contributed by atoms with Gasteiger partial charge in [0.1, 0.15) is 0 Å². The summed E-state index contributed by atoms with van der Waals surface area (Å²) in [5.74, 6) is 0.801. The summed E-state index contributed by atoms with van der Waals surface area (Å²) in [6, 6.07) is 0.741. The molecule has 0 radical (unpaired) electrons. The molecule has 5 nitrogen and oxygen atoms in total. The third-order valence-electron chi connectivity index (χ3n) is 5.16. The van der Waals surface area contributed by atoms with Gasteiger partial charge in [0.15, 0.2) is 0 Å².